The Hall–Kier alpha value is -1.99. The Kier molecular flexibility index (Phi) is 5.40. The molecule has 0 aliphatic rings. The van der Waals surface area contributed by atoms with E-state index in [1.54, 1.807) is 13.8 Å². The van der Waals surface area contributed by atoms with Crippen molar-refractivity contribution in [1.82, 2.24) is 0 Å². The lowest BCUT2D eigenvalue weighted by Gasteiger charge is -2.22. The molecule has 0 saturated heterocycles. The maximum atomic E-state index is 13.3. The number of ether oxygens (including phenoxy) is 1. The highest BCUT2D eigenvalue weighted by Gasteiger charge is 2.24. The third-order valence-electron chi connectivity index (χ3n) is 3.07. The smallest absolute Gasteiger partial charge is 0.203 e. The fourth-order valence-electron chi connectivity index (χ4n) is 1.63. The molecule has 1 rings (SSSR count). The van der Waals surface area contributed by atoms with E-state index in [9.17, 15) is 17.6 Å². The molecule has 8 heteroatoms. The lowest BCUT2D eigenvalue weighted by Crippen LogP contribution is -2.32. The van der Waals surface area contributed by atoms with Crippen LogP contribution < -0.4 is 10.5 Å². The molecule has 1 aromatic rings. The summed E-state index contributed by atoms with van der Waals surface area (Å²) >= 11 is 0. The van der Waals surface area contributed by atoms with E-state index in [0.717, 1.165) is 0 Å². The molecule has 118 valence electrons. The monoisotopic (exact) mass is 308 g/mol. The van der Waals surface area contributed by atoms with E-state index in [4.69, 9.17) is 15.7 Å². The summed E-state index contributed by atoms with van der Waals surface area (Å²) in [5.41, 5.74) is 4.82. The topological polar surface area (TPSA) is 67.8 Å². The third kappa shape index (κ3) is 3.99. The molecule has 0 aromatic heterocycles. The first kappa shape index (κ1) is 17.1. The quantitative estimate of drug-likeness (QED) is 0.161. The first-order chi connectivity index (χ1) is 9.70. The molecule has 0 spiro atoms. The molecule has 1 aromatic carbocycles. The van der Waals surface area contributed by atoms with Crippen LogP contribution in [0.4, 0.5) is 17.6 Å². The van der Waals surface area contributed by atoms with Gasteiger partial charge in [0.1, 0.15) is 5.84 Å². The standard InChI is InChI=1S/C13H16F4N2O2/c1-13(2,12(18)19-20)4-3-5-21-11-9(16)7(14)6-8(15)10(11)17/h6,20H,3-5H2,1-2H3,(H2,18,19). The average Bonchev–Trinajstić information content (AvgIpc) is 2.43. The second-order valence-corrected chi connectivity index (χ2v) is 5.12. The minimum atomic E-state index is -1.58. The highest BCUT2D eigenvalue weighted by Crippen LogP contribution is 2.27. The van der Waals surface area contributed by atoms with Gasteiger partial charge in [-0.1, -0.05) is 19.0 Å². The molecule has 0 aliphatic carbocycles. The van der Waals surface area contributed by atoms with Gasteiger partial charge in [0.2, 0.25) is 11.6 Å². The number of nitrogens with two attached hydrogens (primary N) is 1. The van der Waals surface area contributed by atoms with Gasteiger partial charge >= 0.3 is 0 Å². The van der Waals surface area contributed by atoms with Gasteiger partial charge < -0.3 is 15.7 Å². The third-order valence-corrected chi connectivity index (χ3v) is 3.07. The predicted molar refractivity (Wildman–Crippen MR) is 68.2 cm³/mol. The molecule has 4 nitrogen and oxygen atoms in total. The number of oxime groups is 1. The molecule has 0 bridgehead atoms. The van der Waals surface area contributed by atoms with Crippen LogP contribution >= 0.6 is 0 Å². The van der Waals surface area contributed by atoms with Gasteiger partial charge in [-0.15, -0.1) is 0 Å². The minimum Gasteiger partial charge on any atom is -0.487 e. The Morgan fingerprint density at radius 1 is 1.24 bits per heavy atom. The fraction of sp³-hybridized carbons (Fsp3) is 0.462. The SMILES string of the molecule is CC(C)(CCCOc1c(F)c(F)cc(F)c1F)/C(N)=N/O. The summed E-state index contributed by atoms with van der Waals surface area (Å²) < 4.78 is 57.3. The number of hydrogen-bond acceptors (Lipinski definition) is 3. The minimum absolute atomic E-state index is 0.00309. The van der Waals surface area contributed by atoms with E-state index in [2.05, 4.69) is 5.16 Å². The van der Waals surface area contributed by atoms with Gasteiger partial charge in [-0.2, -0.15) is 8.78 Å². The highest BCUT2D eigenvalue weighted by molar-refractivity contribution is 5.85. The zero-order chi connectivity index (χ0) is 16.2. The van der Waals surface area contributed by atoms with Crippen LogP contribution in [0.15, 0.2) is 11.2 Å². The Morgan fingerprint density at radius 3 is 2.24 bits per heavy atom. The second kappa shape index (κ2) is 6.64. The van der Waals surface area contributed by atoms with Crippen molar-refractivity contribution >= 4 is 5.84 Å². The molecule has 0 unspecified atom stereocenters. The van der Waals surface area contributed by atoms with E-state index < -0.39 is 34.4 Å². The van der Waals surface area contributed by atoms with Crippen molar-refractivity contribution in [1.29, 1.82) is 0 Å². The first-order valence-corrected chi connectivity index (χ1v) is 6.14. The molecule has 0 atom stereocenters. The maximum absolute atomic E-state index is 13.3. The van der Waals surface area contributed by atoms with Crippen molar-refractivity contribution in [2.24, 2.45) is 16.3 Å². The molecule has 0 saturated carbocycles. The molecular weight excluding hydrogens is 292 g/mol. The Balaban J connectivity index is 2.66. The van der Waals surface area contributed by atoms with Gasteiger partial charge in [0.25, 0.3) is 0 Å². The summed E-state index contributed by atoms with van der Waals surface area (Å²) in [4.78, 5) is 0. The van der Waals surface area contributed by atoms with E-state index in [0.29, 0.717) is 6.42 Å². The molecule has 0 fully saturated rings. The van der Waals surface area contributed by atoms with Crippen LogP contribution in [-0.4, -0.2) is 17.6 Å². The normalized spacial score (nSPS) is 12.6. The molecule has 0 aliphatic heterocycles. The number of halogens is 4. The van der Waals surface area contributed by atoms with Gasteiger partial charge in [-0.25, -0.2) is 8.78 Å². The fourth-order valence-corrected chi connectivity index (χ4v) is 1.63. The van der Waals surface area contributed by atoms with Crippen molar-refractivity contribution in [3.8, 4) is 5.75 Å². The lowest BCUT2D eigenvalue weighted by atomic mass is 9.87. The first-order valence-electron chi connectivity index (χ1n) is 6.14. The Bertz CT molecular complexity index is 521. The molecule has 0 radical (unpaired) electrons. The molecule has 0 amide bonds. The van der Waals surface area contributed by atoms with Gasteiger partial charge in [0.15, 0.2) is 17.4 Å². The van der Waals surface area contributed by atoms with Crippen molar-refractivity contribution < 1.29 is 27.5 Å². The van der Waals surface area contributed by atoms with Crippen LogP contribution in [0.25, 0.3) is 0 Å². The largest absolute Gasteiger partial charge is 0.487 e. The van der Waals surface area contributed by atoms with Crippen molar-refractivity contribution in [2.45, 2.75) is 26.7 Å². The van der Waals surface area contributed by atoms with Crippen LogP contribution in [0, 0.1) is 28.7 Å². The van der Waals surface area contributed by atoms with Crippen LogP contribution in [0.2, 0.25) is 0 Å². The van der Waals surface area contributed by atoms with Crippen LogP contribution in [0.5, 0.6) is 5.75 Å². The molecular formula is C13H16F4N2O2. The number of rotatable bonds is 6. The summed E-state index contributed by atoms with van der Waals surface area (Å²) in [6, 6.07) is 0.110. The Labute approximate surface area is 119 Å². The number of amidine groups is 1. The van der Waals surface area contributed by atoms with E-state index in [1.807, 2.05) is 0 Å². The summed E-state index contributed by atoms with van der Waals surface area (Å²) in [7, 11) is 0. The maximum Gasteiger partial charge on any atom is 0.203 e. The summed E-state index contributed by atoms with van der Waals surface area (Å²) in [5, 5.41) is 11.5. The number of nitrogens with zero attached hydrogens (tertiary/aromatic N) is 1. The average molecular weight is 308 g/mol. The van der Waals surface area contributed by atoms with Crippen molar-refractivity contribution in [3.63, 3.8) is 0 Å². The van der Waals surface area contributed by atoms with Crippen LogP contribution in [-0.2, 0) is 0 Å². The Morgan fingerprint density at radius 2 is 1.76 bits per heavy atom. The zero-order valence-electron chi connectivity index (χ0n) is 11.6. The zero-order valence-corrected chi connectivity index (χ0v) is 11.6. The lowest BCUT2D eigenvalue weighted by molar-refractivity contribution is 0.250. The summed E-state index contributed by atoms with van der Waals surface area (Å²) in [5.74, 6) is -7.30. The van der Waals surface area contributed by atoms with Gasteiger partial charge in [-0.05, 0) is 12.8 Å². The second-order valence-electron chi connectivity index (χ2n) is 5.12. The van der Waals surface area contributed by atoms with Gasteiger partial charge in [0.05, 0.1) is 6.61 Å². The van der Waals surface area contributed by atoms with Crippen molar-refractivity contribution in [2.75, 3.05) is 6.61 Å². The summed E-state index contributed by atoms with van der Waals surface area (Å²) in [6.45, 7) is 3.22. The van der Waals surface area contributed by atoms with E-state index in [-0.39, 0.29) is 24.9 Å². The van der Waals surface area contributed by atoms with Crippen LogP contribution in [0.3, 0.4) is 0 Å². The number of benzene rings is 1. The summed E-state index contributed by atoms with van der Waals surface area (Å²) in [6.07, 6.45) is 0.657. The van der Waals surface area contributed by atoms with Crippen LogP contribution in [0.1, 0.15) is 26.7 Å². The van der Waals surface area contributed by atoms with Crippen molar-refractivity contribution in [3.05, 3.63) is 29.3 Å². The van der Waals surface area contributed by atoms with Gasteiger partial charge in [0, 0.05) is 11.5 Å². The highest BCUT2D eigenvalue weighted by atomic mass is 19.2. The number of hydrogen-bond donors (Lipinski definition) is 2. The predicted octanol–water partition coefficient (Wildman–Crippen LogP) is 3.17. The van der Waals surface area contributed by atoms with Gasteiger partial charge in [-0.3, -0.25) is 0 Å². The van der Waals surface area contributed by atoms with E-state index >= 15 is 0 Å². The molecule has 3 N–H and O–H groups in total. The molecule has 21 heavy (non-hydrogen) atoms. The molecule has 0 heterocycles. The van der Waals surface area contributed by atoms with E-state index in [1.165, 1.54) is 0 Å².